The summed E-state index contributed by atoms with van der Waals surface area (Å²) < 4.78 is 0. The van der Waals surface area contributed by atoms with Crippen LogP contribution in [0.25, 0.3) is 0 Å². The highest BCUT2D eigenvalue weighted by atomic mass is 35.5. The van der Waals surface area contributed by atoms with Crippen molar-refractivity contribution in [1.29, 1.82) is 0 Å². The Balaban J connectivity index is 0.00000120. The van der Waals surface area contributed by atoms with Crippen LogP contribution in [-0.2, 0) is 17.8 Å². The third-order valence-corrected chi connectivity index (χ3v) is 3.83. The number of nitrogens with one attached hydrogen (secondary N) is 2. The van der Waals surface area contributed by atoms with Crippen LogP contribution in [0.5, 0.6) is 0 Å². The SMILES string of the molecule is CC1CC1NC(=O)C1Cc2ccccc2CN1.Cl. The van der Waals surface area contributed by atoms with Gasteiger partial charge in [0, 0.05) is 12.6 Å². The van der Waals surface area contributed by atoms with Gasteiger partial charge in [-0.2, -0.15) is 0 Å². The Morgan fingerprint density at radius 1 is 1.33 bits per heavy atom. The van der Waals surface area contributed by atoms with Crippen LogP contribution >= 0.6 is 12.4 Å². The fourth-order valence-electron chi connectivity index (χ4n) is 2.45. The van der Waals surface area contributed by atoms with Crippen molar-refractivity contribution in [2.75, 3.05) is 0 Å². The molecule has 0 radical (unpaired) electrons. The van der Waals surface area contributed by atoms with E-state index in [-0.39, 0.29) is 24.4 Å². The quantitative estimate of drug-likeness (QED) is 0.855. The molecule has 1 aromatic rings. The zero-order valence-electron chi connectivity index (χ0n) is 10.5. The molecular formula is C14H19ClN2O. The average Bonchev–Trinajstić information content (AvgIpc) is 3.04. The molecule has 0 saturated heterocycles. The lowest BCUT2D eigenvalue weighted by Crippen LogP contribution is -2.48. The molecule has 1 aliphatic heterocycles. The normalized spacial score (nSPS) is 28.8. The molecule has 98 valence electrons. The molecule has 2 N–H and O–H groups in total. The molecule has 1 aliphatic carbocycles. The maximum absolute atomic E-state index is 12.0. The number of carbonyl (C=O) groups excluding carboxylic acids is 1. The van der Waals surface area contributed by atoms with Crippen LogP contribution in [0.15, 0.2) is 24.3 Å². The largest absolute Gasteiger partial charge is 0.352 e. The number of halogens is 1. The van der Waals surface area contributed by atoms with E-state index in [4.69, 9.17) is 0 Å². The van der Waals surface area contributed by atoms with E-state index in [0.717, 1.165) is 19.4 Å². The summed E-state index contributed by atoms with van der Waals surface area (Å²) in [6.07, 6.45) is 1.94. The first kappa shape index (κ1) is 13.4. The van der Waals surface area contributed by atoms with E-state index in [1.165, 1.54) is 11.1 Å². The molecule has 1 aromatic carbocycles. The standard InChI is InChI=1S/C14H18N2O.ClH/c1-9-6-12(9)16-14(17)13-7-10-4-2-3-5-11(10)8-15-13;/h2-5,9,12-13,15H,6-8H2,1H3,(H,16,17);1H. The summed E-state index contributed by atoms with van der Waals surface area (Å²) in [5.41, 5.74) is 2.62. The summed E-state index contributed by atoms with van der Waals surface area (Å²) in [7, 11) is 0. The average molecular weight is 267 g/mol. The Hall–Kier alpha value is -1.06. The van der Waals surface area contributed by atoms with Crippen molar-refractivity contribution in [2.24, 2.45) is 5.92 Å². The van der Waals surface area contributed by atoms with Gasteiger partial charge >= 0.3 is 0 Å². The van der Waals surface area contributed by atoms with Crippen LogP contribution in [0, 0.1) is 5.92 Å². The molecule has 3 unspecified atom stereocenters. The van der Waals surface area contributed by atoms with Crippen molar-refractivity contribution < 1.29 is 4.79 Å². The first-order valence-electron chi connectivity index (χ1n) is 6.34. The van der Waals surface area contributed by atoms with Gasteiger partial charge in [0.1, 0.15) is 0 Å². The van der Waals surface area contributed by atoms with Crippen LogP contribution in [0.4, 0.5) is 0 Å². The summed E-state index contributed by atoms with van der Waals surface area (Å²) >= 11 is 0. The Morgan fingerprint density at radius 3 is 2.67 bits per heavy atom. The van der Waals surface area contributed by atoms with E-state index in [0.29, 0.717) is 12.0 Å². The molecule has 2 aliphatic rings. The summed E-state index contributed by atoms with van der Waals surface area (Å²) in [6.45, 7) is 2.98. The van der Waals surface area contributed by atoms with E-state index in [9.17, 15) is 4.79 Å². The second kappa shape index (κ2) is 5.29. The lowest BCUT2D eigenvalue weighted by Gasteiger charge is -2.25. The van der Waals surface area contributed by atoms with Crippen molar-refractivity contribution >= 4 is 18.3 Å². The maximum atomic E-state index is 12.0. The maximum Gasteiger partial charge on any atom is 0.237 e. The molecule has 0 aromatic heterocycles. The third kappa shape index (κ3) is 2.68. The first-order valence-corrected chi connectivity index (χ1v) is 6.34. The molecule has 0 bridgehead atoms. The predicted octanol–water partition coefficient (Wildman–Crippen LogP) is 1.65. The topological polar surface area (TPSA) is 41.1 Å². The van der Waals surface area contributed by atoms with Gasteiger partial charge in [-0.3, -0.25) is 4.79 Å². The van der Waals surface area contributed by atoms with E-state index in [1.807, 2.05) is 12.1 Å². The Bertz CT molecular complexity index is 449. The number of hydrogen-bond donors (Lipinski definition) is 2. The molecule has 3 nitrogen and oxygen atoms in total. The van der Waals surface area contributed by atoms with Gasteiger partial charge in [0.05, 0.1) is 6.04 Å². The molecule has 18 heavy (non-hydrogen) atoms. The van der Waals surface area contributed by atoms with E-state index >= 15 is 0 Å². The van der Waals surface area contributed by atoms with Gasteiger partial charge in [-0.25, -0.2) is 0 Å². The highest BCUT2D eigenvalue weighted by Crippen LogP contribution is 2.29. The van der Waals surface area contributed by atoms with E-state index < -0.39 is 0 Å². The first-order chi connectivity index (χ1) is 8.24. The second-order valence-corrected chi connectivity index (χ2v) is 5.23. The minimum Gasteiger partial charge on any atom is -0.352 e. The summed E-state index contributed by atoms with van der Waals surface area (Å²) in [6, 6.07) is 8.70. The number of carbonyl (C=O) groups is 1. The van der Waals surface area contributed by atoms with Crippen molar-refractivity contribution in [1.82, 2.24) is 10.6 Å². The zero-order chi connectivity index (χ0) is 11.8. The van der Waals surface area contributed by atoms with Gasteiger partial charge < -0.3 is 10.6 Å². The summed E-state index contributed by atoms with van der Waals surface area (Å²) in [4.78, 5) is 12.0. The second-order valence-electron chi connectivity index (χ2n) is 5.23. The molecule has 0 spiro atoms. The van der Waals surface area contributed by atoms with Crippen molar-refractivity contribution in [3.05, 3.63) is 35.4 Å². The number of rotatable bonds is 2. The lowest BCUT2D eigenvalue weighted by molar-refractivity contribution is -0.123. The molecule has 1 fully saturated rings. The van der Waals surface area contributed by atoms with Gasteiger partial charge in [0.2, 0.25) is 5.91 Å². The lowest BCUT2D eigenvalue weighted by atomic mass is 9.95. The van der Waals surface area contributed by atoms with Crippen LogP contribution in [0.3, 0.4) is 0 Å². The van der Waals surface area contributed by atoms with Gasteiger partial charge in [0.15, 0.2) is 0 Å². The number of benzene rings is 1. The minimum absolute atomic E-state index is 0. The monoisotopic (exact) mass is 266 g/mol. The fourth-order valence-corrected chi connectivity index (χ4v) is 2.45. The smallest absolute Gasteiger partial charge is 0.237 e. The highest BCUT2D eigenvalue weighted by Gasteiger charge is 2.36. The molecule has 4 heteroatoms. The van der Waals surface area contributed by atoms with Crippen LogP contribution in [0.1, 0.15) is 24.5 Å². The van der Waals surface area contributed by atoms with Gasteiger partial charge in [-0.15, -0.1) is 12.4 Å². The highest BCUT2D eigenvalue weighted by molar-refractivity contribution is 5.85. The van der Waals surface area contributed by atoms with E-state index in [2.05, 4.69) is 29.7 Å². The van der Waals surface area contributed by atoms with Crippen molar-refractivity contribution in [3.63, 3.8) is 0 Å². The number of fused-ring (bicyclic) bond motifs is 1. The van der Waals surface area contributed by atoms with Gasteiger partial charge in [-0.05, 0) is 29.9 Å². The number of hydrogen-bond acceptors (Lipinski definition) is 2. The van der Waals surface area contributed by atoms with Crippen molar-refractivity contribution in [2.45, 2.75) is 38.4 Å². The Morgan fingerprint density at radius 2 is 2.00 bits per heavy atom. The molecular weight excluding hydrogens is 248 g/mol. The Kier molecular flexibility index (Phi) is 3.93. The summed E-state index contributed by atoms with van der Waals surface area (Å²) in [5, 5.41) is 6.41. The van der Waals surface area contributed by atoms with Crippen LogP contribution in [0.2, 0.25) is 0 Å². The summed E-state index contributed by atoms with van der Waals surface area (Å²) in [5.74, 6) is 0.823. The third-order valence-electron chi connectivity index (χ3n) is 3.83. The molecule has 1 heterocycles. The van der Waals surface area contributed by atoms with Crippen molar-refractivity contribution in [3.8, 4) is 0 Å². The minimum atomic E-state index is -0.0577. The molecule has 3 rings (SSSR count). The molecule has 1 saturated carbocycles. The van der Waals surface area contributed by atoms with Gasteiger partial charge in [0.25, 0.3) is 0 Å². The zero-order valence-corrected chi connectivity index (χ0v) is 11.3. The van der Waals surface area contributed by atoms with Crippen LogP contribution in [-0.4, -0.2) is 18.0 Å². The van der Waals surface area contributed by atoms with Crippen LogP contribution < -0.4 is 10.6 Å². The Labute approximate surface area is 114 Å². The fraction of sp³-hybridized carbons (Fsp3) is 0.500. The number of amides is 1. The van der Waals surface area contributed by atoms with E-state index in [1.54, 1.807) is 0 Å². The molecule has 1 amide bonds. The molecule has 3 atom stereocenters. The predicted molar refractivity (Wildman–Crippen MR) is 73.7 cm³/mol. The van der Waals surface area contributed by atoms with Gasteiger partial charge in [-0.1, -0.05) is 31.2 Å².